The van der Waals surface area contributed by atoms with Crippen molar-refractivity contribution in [3.05, 3.63) is 0 Å². The van der Waals surface area contributed by atoms with Crippen LogP contribution in [0.5, 0.6) is 0 Å². The van der Waals surface area contributed by atoms with Crippen LogP contribution in [0.3, 0.4) is 0 Å². The average molecular weight is 362 g/mol. The molecular weight excluding hydrogens is 333 g/mol. The maximum atomic E-state index is 12.1. The van der Waals surface area contributed by atoms with Crippen molar-refractivity contribution in [3.8, 4) is 0 Å². The van der Waals surface area contributed by atoms with Gasteiger partial charge in [0.25, 0.3) is 0 Å². The van der Waals surface area contributed by atoms with Crippen LogP contribution in [-0.4, -0.2) is 40.7 Å². The Kier molecular flexibility index (Phi) is 6.99. The zero-order chi connectivity index (χ0) is 13.6. The summed E-state index contributed by atoms with van der Waals surface area (Å²) in [5, 5.41) is 0. The number of unbranched alkanes of at least 4 members (excludes halogenated alkanes) is 2. The van der Waals surface area contributed by atoms with Crippen LogP contribution in [0.4, 0.5) is 0 Å². The molecule has 1 aliphatic heterocycles. The first kappa shape index (κ1) is 16.3. The van der Waals surface area contributed by atoms with Gasteiger partial charge >= 0.3 is 117 Å². The molecule has 1 aliphatic rings. The SMILES string of the molecule is CCC[CH2][Sn]1([CH2]CCC)[O]CC(CC)[N]1C(C)=O. The molecule has 0 saturated carbocycles. The van der Waals surface area contributed by atoms with E-state index in [2.05, 4.69) is 23.9 Å². The Labute approximate surface area is 117 Å². The second kappa shape index (κ2) is 7.73. The fourth-order valence-electron chi connectivity index (χ4n) is 2.99. The summed E-state index contributed by atoms with van der Waals surface area (Å²) in [5.74, 6) is 0.266. The third-order valence-corrected chi connectivity index (χ3v) is 16.9. The summed E-state index contributed by atoms with van der Waals surface area (Å²) in [7, 11) is 0. The number of hydrogen-bond acceptors (Lipinski definition) is 2. The van der Waals surface area contributed by atoms with E-state index in [0.29, 0.717) is 6.04 Å². The van der Waals surface area contributed by atoms with Gasteiger partial charge in [-0.3, -0.25) is 0 Å². The minimum atomic E-state index is -2.82. The van der Waals surface area contributed by atoms with Gasteiger partial charge in [0.05, 0.1) is 0 Å². The Hall–Kier alpha value is 0.229. The van der Waals surface area contributed by atoms with Crippen LogP contribution in [0.15, 0.2) is 0 Å². The zero-order valence-electron chi connectivity index (χ0n) is 12.5. The molecule has 18 heavy (non-hydrogen) atoms. The van der Waals surface area contributed by atoms with E-state index in [9.17, 15) is 4.79 Å². The molecule has 0 aliphatic carbocycles. The van der Waals surface area contributed by atoms with Crippen LogP contribution in [-0.2, 0) is 7.87 Å². The Balaban J connectivity index is 2.87. The molecule has 0 N–H and O–H groups in total. The second-order valence-electron chi connectivity index (χ2n) is 5.42. The molecule has 0 spiro atoms. The third kappa shape index (κ3) is 3.62. The van der Waals surface area contributed by atoms with Crippen LogP contribution in [0.1, 0.15) is 59.8 Å². The van der Waals surface area contributed by atoms with Crippen LogP contribution in [0.2, 0.25) is 8.87 Å². The number of nitrogens with zero attached hydrogens (tertiary/aromatic N) is 1. The molecular formula is C14H29NO2Sn. The summed E-state index contributed by atoms with van der Waals surface area (Å²) in [5.41, 5.74) is 0. The molecule has 1 saturated heterocycles. The maximum absolute atomic E-state index is 12.1. The molecule has 106 valence electrons. The summed E-state index contributed by atoms with van der Waals surface area (Å²) < 4.78 is 11.0. The fraction of sp³-hybridized carbons (Fsp3) is 0.929. The average Bonchev–Trinajstić information content (AvgIpc) is 2.73. The van der Waals surface area contributed by atoms with E-state index < -0.39 is 19.1 Å². The van der Waals surface area contributed by atoms with Gasteiger partial charge in [0.1, 0.15) is 0 Å². The third-order valence-electron chi connectivity index (χ3n) is 4.00. The molecule has 1 unspecified atom stereocenters. The van der Waals surface area contributed by atoms with E-state index in [4.69, 9.17) is 3.07 Å². The summed E-state index contributed by atoms with van der Waals surface area (Å²) in [6.45, 7) is 9.17. The van der Waals surface area contributed by atoms with E-state index in [1.54, 1.807) is 6.92 Å². The van der Waals surface area contributed by atoms with Crippen molar-refractivity contribution in [2.75, 3.05) is 6.61 Å². The first-order valence-corrected chi connectivity index (χ1v) is 14.0. The molecule has 3 nitrogen and oxygen atoms in total. The zero-order valence-corrected chi connectivity index (χ0v) is 15.4. The predicted octanol–water partition coefficient (Wildman–Crippen LogP) is 3.69. The van der Waals surface area contributed by atoms with Crippen molar-refractivity contribution in [1.82, 2.24) is 3.12 Å². The van der Waals surface area contributed by atoms with Gasteiger partial charge in [-0.05, 0) is 0 Å². The van der Waals surface area contributed by atoms with Gasteiger partial charge < -0.3 is 0 Å². The van der Waals surface area contributed by atoms with Crippen molar-refractivity contribution in [1.29, 1.82) is 0 Å². The molecule has 1 amide bonds. The van der Waals surface area contributed by atoms with Gasteiger partial charge in [0.15, 0.2) is 0 Å². The molecule has 0 radical (unpaired) electrons. The molecule has 0 aromatic rings. The number of carbonyl (C=O) groups excluding carboxylic acids is 1. The predicted molar refractivity (Wildman–Crippen MR) is 77.7 cm³/mol. The van der Waals surface area contributed by atoms with Crippen molar-refractivity contribution < 1.29 is 7.87 Å². The summed E-state index contributed by atoms with van der Waals surface area (Å²) in [6.07, 6.45) is 5.89. The molecule has 4 heteroatoms. The van der Waals surface area contributed by atoms with Crippen LogP contribution in [0.25, 0.3) is 0 Å². The van der Waals surface area contributed by atoms with Crippen molar-refractivity contribution in [2.45, 2.75) is 74.7 Å². The normalized spacial score (nSPS) is 22.4. The minimum absolute atomic E-state index is 0.266. The van der Waals surface area contributed by atoms with Crippen molar-refractivity contribution in [3.63, 3.8) is 0 Å². The van der Waals surface area contributed by atoms with Gasteiger partial charge in [0, 0.05) is 0 Å². The summed E-state index contributed by atoms with van der Waals surface area (Å²) in [4.78, 5) is 12.1. The van der Waals surface area contributed by atoms with Gasteiger partial charge in [-0.2, -0.15) is 0 Å². The van der Waals surface area contributed by atoms with E-state index >= 15 is 0 Å². The Morgan fingerprint density at radius 1 is 1.22 bits per heavy atom. The number of amides is 1. The summed E-state index contributed by atoms with van der Waals surface area (Å²) in [6, 6.07) is 0.368. The van der Waals surface area contributed by atoms with Gasteiger partial charge in [-0.15, -0.1) is 0 Å². The number of hydrogen-bond donors (Lipinski definition) is 0. The molecule has 1 atom stereocenters. The molecule has 0 aromatic heterocycles. The molecule has 1 heterocycles. The monoisotopic (exact) mass is 363 g/mol. The Bertz CT molecular complexity index is 263. The number of carbonyl (C=O) groups is 1. The second-order valence-corrected chi connectivity index (χ2v) is 15.9. The van der Waals surface area contributed by atoms with Crippen LogP contribution >= 0.6 is 0 Å². The van der Waals surface area contributed by atoms with Crippen LogP contribution < -0.4 is 0 Å². The topological polar surface area (TPSA) is 29.5 Å². The Morgan fingerprint density at radius 2 is 1.78 bits per heavy atom. The molecule has 1 rings (SSSR count). The van der Waals surface area contributed by atoms with E-state index in [1.165, 1.54) is 34.6 Å². The number of rotatable bonds is 7. The van der Waals surface area contributed by atoms with E-state index in [0.717, 1.165) is 13.0 Å². The first-order valence-electron chi connectivity index (χ1n) is 7.55. The standard InChI is InChI=1S/C6H12NO2.2C4H9.Sn/c1-3-6(4-8)7-5(2)9;2*1-3-4-2;/h6H,3-4H2,1-2H3,(H,7,9);2*1,3-4H2,2H3;/q-1;;;+2/p-1. The van der Waals surface area contributed by atoms with Crippen LogP contribution in [0, 0.1) is 0 Å². The molecule has 0 aromatic carbocycles. The van der Waals surface area contributed by atoms with Crippen molar-refractivity contribution >= 4 is 25.0 Å². The molecule has 0 bridgehead atoms. The van der Waals surface area contributed by atoms with Gasteiger partial charge in [-0.1, -0.05) is 0 Å². The van der Waals surface area contributed by atoms with E-state index in [1.807, 2.05) is 0 Å². The Morgan fingerprint density at radius 3 is 2.17 bits per heavy atom. The first-order chi connectivity index (χ1) is 8.61. The van der Waals surface area contributed by atoms with Gasteiger partial charge in [-0.25, -0.2) is 0 Å². The van der Waals surface area contributed by atoms with Gasteiger partial charge in [0.2, 0.25) is 0 Å². The fourth-order valence-corrected chi connectivity index (χ4v) is 17.2. The van der Waals surface area contributed by atoms with E-state index in [-0.39, 0.29) is 5.91 Å². The van der Waals surface area contributed by atoms with Crippen molar-refractivity contribution in [2.24, 2.45) is 0 Å². The molecule has 1 fully saturated rings. The summed E-state index contributed by atoms with van der Waals surface area (Å²) >= 11 is -2.82. The quantitative estimate of drug-likeness (QED) is 0.647.